The van der Waals surface area contributed by atoms with Crippen molar-refractivity contribution in [1.29, 1.82) is 0 Å². The van der Waals surface area contributed by atoms with Gasteiger partial charge in [0, 0.05) is 6.07 Å². The Bertz CT molecular complexity index is 462. The highest BCUT2D eigenvalue weighted by atomic mass is 35.5. The van der Waals surface area contributed by atoms with Crippen LogP contribution in [0.15, 0.2) is 18.2 Å². The Labute approximate surface area is 103 Å². The van der Waals surface area contributed by atoms with Gasteiger partial charge in [-0.05, 0) is 19.9 Å². The number of rotatable bonds is 3. The highest BCUT2D eigenvalue weighted by Gasteiger charge is 2.24. The maximum atomic E-state index is 11.8. The monoisotopic (exact) mass is 258 g/mol. The van der Waals surface area contributed by atoms with E-state index in [1.807, 2.05) is 0 Å². The van der Waals surface area contributed by atoms with Gasteiger partial charge in [-0.25, -0.2) is 5.06 Å². The Morgan fingerprint density at radius 2 is 2.12 bits per heavy atom. The van der Waals surface area contributed by atoms with Crippen molar-refractivity contribution >= 4 is 23.2 Å². The average Bonchev–Trinajstić information content (AvgIpc) is 2.26. The smallest absolute Gasteiger partial charge is 0.285 e. The maximum absolute atomic E-state index is 11.8. The van der Waals surface area contributed by atoms with E-state index in [2.05, 4.69) is 0 Å². The van der Waals surface area contributed by atoms with E-state index in [-0.39, 0.29) is 16.3 Å². The highest BCUT2D eigenvalue weighted by Crippen LogP contribution is 2.28. The molecule has 0 aliphatic rings. The average molecular weight is 259 g/mol. The standard InChI is InChI=1S/C10H11ClN2O4/c1-6(2)12(15)10(14)7-4-3-5-8(9(7)11)13(16)17/h3-6,15H,1-2H3. The van der Waals surface area contributed by atoms with E-state index in [0.717, 1.165) is 0 Å². The number of carbonyl (C=O) groups is 1. The number of halogens is 1. The number of benzene rings is 1. The topological polar surface area (TPSA) is 83.7 Å². The van der Waals surface area contributed by atoms with Crippen LogP contribution in [-0.4, -0.2) is 27.1 Å². The van der Waals surface area contributed by atoms with Crippen LogP contribution in [0.3, 0.4) is 0 Å². The molecule has 1 rings (SSSR count). The van der Waals surface area contributed by atoms with Gasteiger partial charge in [0.05, 0.1) is 16.5 Å². The lowest BCUT2D eigenvalue weighted by Gasteiger charge is -2.19. The maximum Gasteiger partial charge on any atom is 0.288 e. The molecule has 0 spiro atoms. The second kappa shape index (κ2) is 5.11. The van der Waals surface area contributed by atoms with Crippen molar-refractivity contribution in [3.05, 3.63) is 38.9 Å². The Morgan fingerprint density at radius 1 is 1.53 bits per heavy atom. The molecule has 0 aliphatic carbocycles. The van der Waals surface area contributed by atoms with E-state index in [0.29, 0.717) is 5.06 Å². The molecule has 0 saturated heterocycles. The van der Waals surface area contributed by atoms with Crippen molar-refractivity contribution < 1.29 is 14.9 Å². The van der Waals surface area contributed by atoms with Gasteiger partial charge < -0.3 is 0 Å². The molecule has 0 atom stereocenters. The molecule has 0 aromatic heterocycles. The Hall–Kier alpha value is -1.66. The fraction of sp³-hybridized carbons (Fsp3) is 0.300. The summed E-state index contributed by atoms with van der Waals surface area (Å²) in [6.45, 7) is 3.20. The molecule has 1 N–H and O–H groups in total. The van der Waals surface area contributed by atoms with Crippen LogP contribution in [-0.2, 0) is 0 Å². The van der Waals surface area contributed by atoms with Crippen LogP contribution in [0, 0.1) is 10.1 Å². The normalized spacial score (nSPS) is 10.4. The predicted octanol–water partition coefficient (Wildman–Crippen LogP) is 2.49. The number of hydrogen-bond acceptors (Lipinski definition) is 4. The third-order valence-electron chi connectivity index (χ3n) is 2.10. The summed E-state index contributed by atoms with van der Waals surface area (Å²) >= 11 is 5.75. The predicted molar refractivity (Wildman–Crippen MR) is 61.2 cm³/mol. The van der Waals surface area contributed by atoms with Crippen LogP contribution in [0.4, 0.5) is 5.69 Å². The highest BCUT2D eigenvalue weighted by molar-refractivity contribution is 6.35. The van der Waals surface area contributed by atoms with Crippen molar-refractivity contribution in [2.45, 2.75) is 19.9 Å². The fourth-order valence-corrected chi connectivity index (χ4v) is 1.46. The first kappa shape index (κ1) is 13.4. The molecule has 6 nitrogen and oxygen atoms in total. The molecular weight excluding hydrogens is 248 g/mol. The minimum Gasteiger partial charge on any atom is -0.285 e. The van der Waals surface area contributed by atoms with Crippen LogP contribution in [0.1, 0.15) is 24.2 Å². The summed E-state index contributed by atoms with van der Waals surface area (Å²) in [6, 6.07) is 3.41. The van der Waals surface area contributed by atoms with Crippen LogP contribution in [0.2, 0.25) is 5.02 Å². The summed E-state index contributed by atoms with van der Waals surface area (Å²) in [6.07, 6.45) is 0. The summed E-state index contributed by atoms with van der Waals surface area (Å²) in [4.78, 5) is 21.7. The van der Waals surface area contributed by atoms with Crippen molar-refractivity contribution in [1.82, 2.24) is 5.06 Å². The number of amides is 1. The number of nitrogens with zero attached hydrogens (tertiary/aromatic N) is 2. The summed E-state index contributed by atoms with van der Waals surface area (Å²) in [7, 11) is 0. The van der Waals surface area contributed by atoms with Crippen molar-refractivity contribution in [3.8, 4) is 0 Å². The van der Waals surface area contributed by atoms with E-state index in [4.69, 9.17) is 11.6 Å². The number of nitro groups is 1. The van der Waals surface area contributed by atoms with Gasteiger partial charge in [-0.1, -0.05) is 17.7 Å². The third kappa shape index (κ3) is 2.72. The van der Waals surface area contributed by atoms with E-state index in [1.54, 1.807) is 13.8 Å². The van der Waals surface area contributed by atoms with Gasteiger partial charge in [-0.15, -0.1) is 0 Å². The summed E-state index contributed by atoms with van der Waals surface area (Å²) in [5.41, 5.74) is -0.466. The summed E-state index contributed by atoms with van der Waals surface area (Å²) < 4.78 is 0. The Balaban J connectivity index is 3.20. The number of hydroxylamine groups is 2. The quantitative estimate of drug-likeness (QED) is 0.513. The molecule has 0 unspecified atom stereocenters. The molecule has 1 aromatic rings. The van der Waals surface area contributed by atoms with Gasteiger partial charge in [0.2, 0.25) is 0 Å². The SMILES string of the molecule is CC(C)N(O)C(=O)c1cccc([N+](=O)[O-])c1Cl. The molecule has 1 amide bonds. The molecule has 1 aromatic carbocycles. The molecular formula is C10H11ClN2O4. The van der Waals surface area contributed by atoms with Crippen molar-refractivity contribution in [2.24, 2.45) is 0 Å². The Morgan fingerprint density at radius 3 is 2.59 bits per heavy atom. The molecule has 0 radical (unpaired) electrons. The lowest BCUT2D eigenvalue weighted by atomic mass is 10.1. The molecule has 17 heavy (non-hydrogen) atoms. The van der Waals surface area contributed by atoms with Crippen LogP contribution in [0.25, 0.3) is 0 Å². The van der Waals surface area contributed by atoms with E-state index < -0.39 is 16.9 Å². The second-order valence-corrected chi connectivity index (χ2v) is 4.02. The summed E-state index contributed by atoms with van der Waals surface area (Å²) in [5, 5.41) is 20.3. The van der Waals surface area contributed by atoms with E-state index >= 15 is 0 Å². The van der Waals surface area contributed by atoms with Gasteiger partial charge in [0.1, 0.15) is 5.02 Å². The number of nitro benzene ring substituents is 1. The molecule has 0 heterocycles. The van der Waals surface area contributed by atoms with Crippen LogP contribution < -0.4 is 0 Å². The van der Waals surface area contributed by atoms with Crippen LogP contribution >= 0.6 is 11.6 Å². The lowest BCUT2D eigenvalue weighted by molar-refractivity contribution is -0.384. The van der Waals surface area contributed by atoms with Gasteiger partial charge >= 0.3 is 0 Å². The van der Waals surface area contributed by atoms with Gasteiger partial charge in [-0.3, -0.25) is 20.1 Å². The zero-order valence-electron chi connectivity index (χ0n) is 9.25. The Kier molecular flexibility index (Phi) is 4.03. The first-order chi connectivity index (χ1) is 7.86. The van der Waals surface area contributed by atoms with Crippen LogP contribution in [0.5, 0.6) is 0 Å². The molecule has 0 bridgehead atoms. The first-order valence-corrected chi connectivity index (χ1v) is 5.19. The van der Waals surface area contributed by atoms with E-state index in [1.165, 1.54) is 18.2 Å². The summed E-state index contributed by atoms with van der Waals surface area (Å²) in [5.74, 6) is -0.770. The first-order valence-electron chi connectivity index (χ1n) is 4.81. The zero-order chi connectivity index (χ0) is 13.2. The number of hydrogen-bond donors (Lipinski definition) is 1. The fourth-order valence-electron chi connectivity index (χ4n) is 1.18. The number of carbonyl (C=O) groups excluding carboxylic acids is 1. The molecule has 0 fully saturated rings. The third-order valence-corrected chi connectivity index (χ3v) is 2.50. The molecule has 7 heteroatoms. The van der Waals surface area contributed by atoms with Gasteiger partial charge in [0.25, 0.3) is 11.6 Å². The van der Waals surface area contributed by atoms with Crippen molar-refractivity contribution in [2.75, 3.05) is 0 Å². The molecule has 0 aliphatic heterocycles. The second-order valence-electron chi connectivity index (χ2n) is 3.64. The molecule has 0 saturated carbocycles. The lowest BCUT2D eigenvalue weighted by Crippen LogP contribution is -2.33. The van der Waals surface area contributed by atoms with Crippen molar-refractivity contribution in [3.63, 3.8) is 0 Å². The zero-order valence-corrected chi connectivity index (χ0v) is 10.0. The largest absolute Gasteiger partial charge is 0.288 e. The molecule has 92 valence electrons. The minimum absolute atomic E-state index is 0.0999. The van der Waals surface area contributed by atoms with Gasteiger partial charge in [-0.2, -0.15) is 0 Å². The van der Waals surface area contributed by atoms with Gasteiger partial charge in [0.15, 0.2) is 0 Å². The van der Waals surface area contributed by atoms with E-state index in [9.17, 15) is 20.1 Å². The minimum atomic E-state index is -0.770.